The first-order valence-electron chi connectivity index (χ1n) is 9.74. The second kappa shape index (κ2) is 10.0. The van der Waals surface area contributed by atoms with E-state index in [1.165, 1.54) is 11.8 Å². The number of benzene rings is 2. The van der Waals surface area contributed by atoms with Crippen LogP contribution >= 0.6 is 35.0 Å². The van der Waals surface area contributed by atoms with E-state index >= 15 is 0 Å². The molecule has 6 nitrogen and oxygen atoms in total. The predicted molar refractivity (Wildman–Crippen MR) is 129 cm³/mol. The molecule has 0 saturated heterocycles. The van der Waals surface area contributed by atoms with Gasteiger partial charge in [0.2, 0.25) is 5.91 Å². The molecular weight excluding hydrogens is 453 g/mol. The Morgan fingerprint density at radius 3 is 2.45 bits per heavy atom. The van der Waals surface area contributed by atoms with Crippen LogP contribution in [0.2, 0.25) is 10.0 Å². The summed E-state index contributed by atoms with van der Waals surface area (Å²) in [5.41, 5.74) is 3.50. The highest BCUT2D eigenvalue weighted by molar-refractivity contribution is 7.99. The third-order valence-electron chi connectivity index (χ3n) is 4.92. The molecule has 0 unspecified atom stereocenters. The number of nitrogens with zero attached hydrogens (tertiary/aromatic N) is 4. The molecule has 1 atom stereocenters. The lowest BCUT2D eigenvalue weighted by Crippen LogP contribution is -2.21. The summed E-state index contributed by atoms with van der Waals surface area (Å²) in [6.45, 7) is 5.95. The molecular formula is C22H25Cl2N5OS. The number of hydrogen-bond donors (Lipinski definition) is 1. The number of aryl methyl sites for hydroxylation is 2. The Morgan fingerprint density at radius 1 is 1.16 bits per heavy atom. The molecule has 1 heterocycles. The van der Waals surface area contributed by atoms with Crippen molar-refractivity contribution in [3.8, 4) is 5.69 Å². The molecule has 9 heteroatoms. The summed E-state index contributed by atoms with van der Waals surface area (Å²) in [5, 5.41) is 13.5. The fraction of sp³-hybridized carbons (Fsp3) is 0.318. The van der Waals surface area contributed by atoms with Gasteiger partial charge in [0.15, 0.2) is 11.0 Å². The molecule has 31 heavy (non-hydrogen) atoms. The zero-order chi connectivity index (χ0) is 22.7. The summed E-state index contributed by atoms with van der Waals surface area (Å²) in [6.07, 6.45) is 0. The van der Waals surface area contributed by atoms with Crippen molar-refractivity contribution in [3.63, 3.8) is 0 Å². The quantitative estimate of drug-likeness (QED) is 0.452. The first-order chi connectivity index (χ1) is 14.7. The molecule has 1 aromatic heterocycles. The topological polar surface area (TPSA) is 63.1 Å². The van der Waals surface area contributed by atoms with Crippen molar-refractivity contribution in [1.29, 1.82) is 0 Å². The summed E-state index contributed by atoms with van der Waals surface area (Å²) >= 11 is 13.7. The van der Waals surface area contributed by atoms with Gasteiger partial charge < -0.3 is 5.32 Å². The van der Waals surface area contributed by atoms with Crippen molar-refractivity contribution >= 4 is 46.6 Å². The molecule has 0 spiro atoms. The van der Waals surface area contributed by atoms with Crippen molar-refractivity contribution in [2.24, 2.45) is 0 Å². The molecule has 0 aliphatic carbocycles. The minimum atomic E-state index is -0.160. The van der Waals surface area contributed by atoms with Crippen LogP contribution in [0.4, 0.5) is 5.69 Å². The molecule has 0 aliphatic heterocycles. The number of carbonyl (C=O) groups excluding carboxylic acids is 1. The highest BCUT2D eigenvalue weighted by atomic mass is 35.5. The second-order valence-corrected chi connectivity index (χ2v) is 9.35. The average molecular weight is 478 g/mol. The largest absolute Gasteiger partial charge is 0.324 e. The van der Waals surface area contributed by atoms with E-state index in [0.717, 1.165) is 22.6 Å². The standard InChI is InChI=1S/C22H25Cl2N5OS/c1-13-10-14(2)20(18(24)11-13)25-19(30)12-31-22-27-26-21(15(3)28(4)5)29(22)17-8-6-16(23)7-9-17/h6-11,15H,12H2,1-5H3,(H,25,30)/t15-/m0/s1. The summed E-state index contributed by atoms with van der Waals surface area (Å²) < 4.78 is 1.96. The van der Waals surface area contributed by atoms with E-state index < -0.39 is 0 Å². The predicted octanol–water partition coefficient (Wildman–Crippen LogP) is 5.54. The molecule has 1 N–H and O–H groups in total. The fourth-order valence-electron chi connectivity index (χ4n) is 3.09. The average Bonchev–Trinajstić information content (AvgIpc) is 3.12. The molecule has 0 saturated carbocycles. The van der Waals surface area contributed by atoms with Crippen LogP contribution in [-0.4, -0.2) is 45.4 Å². The number of aromatic nitrogens is 3. The number of rotatable bonds is 7. The van der Waals surface area contributed by atoms with Crippen molar-refractivity contribution in [2.45, 2.75) is 32.0 Å². The van der Waals surface area contributed by atoms with Crippen molar-refractivity contribution in [1.82, 2.24) is 19.7 Å². The number of nitrogens with one attached hydrogen (secondary N) is 1. The maximum Gasteiger partial charge on any atom is 0.234 e. The maximum absolute atomic E-state index is 12.6. The molecule has 2 aromatic carbocycles. The van der Waals surface area contributed by atoms with Gasteiger partial charge in [0.05, 0.1) is 22.5 Å². The summed E-state index contributed by atoms with van der Waals surface area (Å²) in [5.74, 6) is 0.797. The lowest BCUT2D eigenvalue weighted by atomic mass is 10.1. The van der Waals surface area contributed by atoms with Gasteiger partial charge in [-0.3, -0.25) is 14.3 Å². The summed E-state index contributed by atoms with van der Waals surface area (Å²) in [6, 6.07) is 11.3. The molecule has 0 fully saturated rings. The number of anilines is 1. The van der Waals surface area contributed by atoms with E-state index in [-0.39, 0.29) is 17.7 Å². The monoisotopic (exact) mass is 477 g/mol. The van der Waals surface area contributed by atoms with E-state index in [4.69, 9.17) is 23.2 Å². The molecule has 3 rings (SSSR count). The first kappa shape index (κ1) is 23.6. The number of amides is 1. The summed E-state index contributed by atoms with van der Waals surface area (Å²) in [4.78, 5) is 14.7. The molecule has 0 aliphatic rings. The van der Waals surface area contributed by atoms with Gasteiger partial charge in [0.1, 0.15) is 0 Å². The lowest BCUT2D eigenvalue weighted by molar-refractivity contribution is -0.113. The minimum Gasteiger partial charge on any atom is -0.324 e. The highest BCUT2D eigenvalue weighted by Gasteiger charge is 2.22. The fourth-order valence-corrected chi connectivity index (χ4v) is 4.34. The van der Waals surface area contributed by atoms with E-state index in [1.807, 2.05) is 68.9 Å². The Bertz CT molecular complexity index is 1060. The zero-order valence-corrected chi connectivity index (χ0v) is 20.4. The van der Waals surface area contributed by atoms with E-state index in [1.54, 1.807) is 0 Å². The van der Waals surface area contributed by atoms with Gasteiger partial charge in [-0.25, -0.2) is 0 Å². The Balaban J connectivity index is 1.83. The van der Waals surface area contributed by atoms with Gasteiger partial charge in [-0.15, -0.1) is 10.2 Å². The first-order valence-corrected chi connectivity index (χ1v) is 11.5. The van der Waals surface area contributed by atoms with Gasteiger partial charge in [0, 0.05) is 10.7 Å². The highest BCUT2D eigenvalue weighted by Crippen LogP contribution is 2.29. The third kappa shape index (κ3) is 5.60. The molecule has 0 bridgehead atoms. The minimum absolute atomic E-state index is 0.0281. The molecule has 3 aromatic rings. The van der Waals surface area contributed by atoms with Gasteiger partial charge in [-0.2, -0.15) is 0 Å². The van der Waals surface area contributed by atoms with Crippen LogP contribution in [0.15, 0.2) is 41.6 Å². The van der Waals surface area contributed by atoms with Crippen molar-refractivity contribution in [2.75, 3.05) is 25.2 Å². The van der Waals surface area contributed by atoms with Crippen molar-refractivity contribution < 1.29 is 4.79 Å². The van der Waals surface area contributed by atoms with Gasteiger partial charge in [-0.05, 0) is 76.3 Å². The Labute approximate surface area is 196 Å². The molecule has 1 amide bonds. The number of thioether (sulfide) groups is 1. The molecule has 164 valence electrons. The van der Waals surface area contributed by atoms with Crippen LogP contribution in [0.25, 0.3) is 5.69 Å². The molecule has 0 radical (unpaired) electrons. The van der Waals surface area contributed by atoms with Crippen LogP contribution in [0, 0.1) is 13.8 Å². The van der Waals surface area contributed by atoms with Crippen LogP contribution in [0.1, 0.15) is 29.9 Å². The normalized spacial score (nSPS) is 12.3. The Morgan fingerprint density at radius 2 is 1.84 bits per heavy atom. The SMILES string of the molecule is Cc1cc(C)c(NC(=O)CSc2nnc([C@H](C)N(C)C)n2-c2ccc(Cl)cc2)c(Cl)c1. The van der Waals surface area contributed by atoms with Gasteiger partial charge >= 0.3 is 0 Å². The van der Waals surface area contributed by atoms with E-state index in [9.17, 15) is 4.79 Å². The van der Waals surface area contributed by atoms with Crippen LogP contribution in [0.3, 0.4) is 0 Å². The van der Waals surface area contributed by atoms with Crippen LogP contribution < -0.4 is 5.32 Å². The zero-order valence-electron chi connectivity index (χ0n) is 18.1. The van der Waals surface area contributed by atoms with E-state index in [0.29, 0.717) is 20.9 Å². The van der Waals surface area contributed by atoms with Gasteiger partial charge in [-0.1, -0.05) is 41.0 Å². The Kier molecular flexibility index (Phi) is 7.64. The Hall–Kier alpha value is -2.06. The summed E-state index contributed by atoms with van der Waals surface area (Å²) in [7, 11) is 3.97. The lowest BCUT2D eigenvalue weighted by Gasteiger charge is -2.20. The third-order valence-corrected chi connectivity index (χ3v) is 6.40. The van der Waals surface area contributed by atoms with Crippen LogP contribution in [0.5, 0.6) is 0 Å². The number of carbonyl (C=O) groups is 1. The van der Waals surface area contributed by atoms with Crippen molar-refractivity contribution in [3.05, 3.63) is 63.4 Å². The van der Waals surface area contributed by atoms with Gasteiger partial charge in [0.25, 0.3) is 0 Å². The smallest absolute Gasteiger partial charge is 0.234 e. The number of halogens is 2. The maximum atomic E-state index is 12.6. The van der Waals surface area contributed by atoms with E-state index in [2.05, 4.69) is 27.3 Å². The number of hydrogen-bond acceptors (Lipinski definition) is 5. The second-order valence-electron chi connectivity index (χ2n) is 7.57. The van der Waals surface area contributed by atoms with Crippen LogP contribution in [-0.2, 0) is 4.79 Å².